The lowest BCUT2D eigenvalue weighted by Gasteiger charge is -2.29. The van der Waals surface area contributed by atoms with Crippen LogP contribution in [0.5, 0.6) is 0 Å². The van der Waals surface area contributed by atoms with Crippen LogP contribution in [0, 0.1) is 3.57 Å². The molecule has 1 aromatic carbocycles. The van der Waals surface area contributed by atoms with Crippen molar-refractivity contribution in [2.45, 2.75) is 0 Å². The lowest BCUT2D eigenvalue weighted by molar-refractivity contribution is 0.0774. The number of nitrogens with one attached hydrogen (secondary N) is 1. The predicted molar refractivity (Wildman–Crippen MR) is 93.1 cm³/mol. The summed E-state index contributed by atoms with van der Waals surface area (Å²) in [5.41, 5.74) is 0.736. The number of piperazine rings is 1. The van der Waals surface area contributed by atoms with Crippen molar-refractivity contribution < 1.29 is 4.79 Å². The first-order valence-corrected chi connectivity index (χ1v) is 8.58. The molecule has 0 aromatic heterocycles. The maximum Gasteiger partial charge on any atom is 0.254 e. The Hall–Kier alpha value is -0.180. The van der Waals surface area contributed by atoms with Crippen LogP contribution in [-0.4, -0.2) is 62.0 Å². The third-order valence-electron chi connectivity index (χ3n) is 3.47. The normalized spacial score (nSPS) is 16.1. The number of likely N-dealkylation sites (N-methyl/N-ethyl adjacent to an activating group) is 1. The van der Waals surface area contributed by atoms with Gasteiger partial charge in [0.05, 0.1) is 5.56 Å². The fourth-order valence-electron chi connectivity index (χ4n) is 2.19. The van der Waals surface area contributed by atoms with E-state index in [9.17, 15) is 4.79 Å². The van der Waals surface area contributed by atoms with E-state index < -0.39 is 0 Å². The van der Waals surface area contributed by atoms with E-state index in [1.807, 2.05) is 25.2 Å². The molecule has 0 radical (unpaired) electrons. The third kappa shape index (κ3) is 4.41. The molecule has 0 atom stereocenters. The highest BCUT2D eigenvalue weighted by molar-refractivity contribution is 14.1. The second kappa shape index (κ2) is 7.72. The smallest absolute Gasteiger partial charge is 0.254 e. The average Bonchev–Trinajstić information content (AvgIpc) is 2.47. The van der Waals surface area contributed by atoms with Crippen LogP contribution in [0.15, 0.2) is 22.7 Å². The predicted octanol–water partition coefficient (Wildman–Crippen LogP) is 2.03. The van der Waals surface area contributed by atoms with Gasteiger partial charge in [0.2, 0.25) is 0 Å². The third-order valence-corrected chi connectivity index (χ3v) is 4.83. The van der Waals surface area contributed by atoms with E-state index in [0.717, 1.165) is 52.9 Å². The van der Waals surface area contributed by atoms with Crippen molar-refractivity contribution in [1.29, 1.82) is 0 Å². The topological polar surface area (TPSA) is 35.6 Å². The lowest BCUT2D eigenvalue weighted by Crippen LogP contribution is -2.46. The Morgan fingerprint density at radius 2 is 2.15 bits per heavy atom. The van der Waals surface area contributed by atoms with E-state index in [-0.39, 0.29) is 5.91 Å². The van der Waals surface area contributed by atoms with Gasteiger partial charge in [-0.3, -0.25) is 9.69 Å². The molecule has 1 N–H and O–H groups in total. The highest BCUT2D eigenvalue weighted by Gasteiger charge is 2.17. The van der Waals surface area contributed by atoms with Gasteiger partial charge in [-0.05, 0) is 56.7 Å². The van der Waals surface area contributed by atoms with Gasteiger partial charge in [0.25, 0.3) is 5.91 Å². The molecule has 1 aliphatic rings. The van der Waals surface area contributed by atoms with Crippen molar-refractivity contribution in [3.8, 4) is 0 Å². The van der Waals surface area contributed by atoms with Crippen molar-refractivity contribution in [2.75, 3.05) is 46.3 Å². The van der Waals surface area contributed by atoms with Crippen LogP contribution in [0.4, 0.5) is 0 Å². The van der Waals surface area contributed by atoms with Gasteiger partial charge in [0, 0.05) is 54.4 Å². The van der Waals surface area contributed by atoms with Crippen LogP contribution in [-0.2, 0) is 0 Å². The van der Waals surface area contributed by atoms with Crippen LogP contribution in [0.3, 0.4) is 0 Å². The molecule has 0 aliphatic carbocycles. The number of benzene rings is 1. The summed E-state index contributed by atoms with van der Waals surface area (Å²) < 4.78 is 1.93. The Morgan fingerprint density at radius 3 is 2.85 bits per heavy atom. The van der Waals surface area contributed by atoms with Gasteiger partial charge in [-0.15, -0.1) is 0 Å². The number of carbonyl (C=O) groups excluding carboxylic acids is 1. The first-order chi connectivity index (χ1) is 9.58. The summed E-state index contributed by atoms with van der Waals surface area (Å²) >= 11 is 5.69. The second-order valence-electron chi connectivity index (χ2n) is 4.94. The van der Waals surface area contributed by atoms with Crippen LogP contribution >= 0.6 is 38.5 Å². The van der Waals surface area contributed by atoms with E-state index in [2.05, 4.69) is 48.7 Å². The standard InChI is InChI=1S/C14H19BrIN3O/c1-18(8-9-19-6-4-17-5-7-19)14(20)12-10-11(16)2-3-13(12)15/h2-3,10,17H,4-9H2,1H3. The Kier molecular flexibility index (Phi) is 6.25. The van der Waals surface area contributed by atoms with Crippen LogP contribution < -0.4 is 5.32 Å². The molecule has 6 heteroatoms. The zero-order valence-corrected chi connectivity index (χ0v) is 15.3. The summed E-state index contributed by atoms with van der Waals surface area (Å²) in [6.07, 6.45) is 0. The largest absolute Gasteiger partial charge is 0.340 e. The Labute approximate surface area is 142 Å². The van der Waals surface area contributed by atoms with Crippen molar-refractivity contribution in [3.63, 3.8) is 0 Å². The van der Waals surface area contributed by atoms with E-state index >= 15 is 0 Å². The number of halogens is 2. The molecule has 1 saturated heterocycles. The zero-order chi connectivity index (χ0) is 14.5. The summed E-state index contributed by atoms with van der Waals surface area (Å²) in [5.74, 6) is 0.0746. The molecule has 2 rings (SSSR count). The monoisotopic (exact) mass is 451 g/mol. The number of amides is 1. The number of hydrogen-bond acceptors (Lipinski definition) is 3. The molecule has 1 aliphatic heterocycles. The molecule has 4 nitrogen and oxygen atoms in total. The molecule has 0 unspecified atom stereocenters. The van der Waals surface area contributed by atoms with Gasteiger partial charge < -0.3 is 10.2 Å². The number of nitrogens with zero attached hydrogens (tertiary/aromatic N) is 2. The molecule has 20 heavy (non-hydrogen) atoms. The number of rotatable bonds is 4. The van der Waals surface area contributed by atoms with Gasteiger partial charge in [0.1, 0.15) is 0 Å². The summed E-state index contributed by atoms with van der Waals surface area (Å²) in [6.45, 7) is 5.91. The zero-order valence-electron chi connectivity index (χ0n) is 11.5. The molecular weight excluding hydrogens is 433 g/mol. The Morgan fingerprint density at radius 1 is 1.45 bits per heavy atom. The first-order valence-electron chi connectivity index (χ1n) is 6.71. The van der Waals surface area contributed by atoms with Gasteiger partial charge in [-0.1, -0.05) is 0 Å². The summed E-state index contributed by atoms with van der Waals surface area (Å²) in [6, 6.07) is 5.84. The molecule has 1 aromatic rings. The quantitative estimate of drug-likeness (QED) is 0.711. The first kappa shape index (κ1) is 16.2. The molecule has 0 bridgehead atoms. The van der Waals surface area contributed by atoms with E-state index in [1.54, 1.807) is 4.90 Å². The highest BCUT2D eigenvalue weighted by atomic mass is 127. The average molecular weight is 452 g/mol. The molecule has 0 saturated carbocycles. The SMILES string of the molecule is CN(CCN1CCNCC1)C(=O)c1cc(I)ccc1Br. The summed E-state index contributed by atoms with van der Waals surface area (Å²) in [4.78, 5) is 16.6. The van der Waals surface area contributed by atoms with E-state index in [1.165, 1.54) is 0 Å². The fourth-order valence-corrected chi connectivity index (χ4v) is 3.10. The lowest BCUT2D eigenvalue weighted by atomic mass is 10.2. The number of hydrogen-bond donors (Lipinski definition) is 1. The van der Waals surface area contributed by atoms with Crippen molar-refractivity contribution in [3.05, 3.63) is 31.8 Å². The summed E-state index contributed by atoms with van der Waals surface area (Å²) in [7, 11) is 1.87. The van der Waals surface area contributed by atoms with E-state index in [4.69, 9.17) is 0 Å². The minimum atomic E-state index is 0.0746. The van der Waals surface area contributed by atoms with Gasteiger partial charge in [-0.2, -0.15) is 0 Å². The van der Waals surface area contributed by atoms with Crippen molar-refractivity contribution in [1.82, 2.24) is 15.1 Å². The van der Waals surface area contributed by atoms with Gasteiger partial charge >= 0.3 is 0 Å². The molecule has 110 valence electrons. The Balaban J connectivity index is 1.92. The maximum absolute atomic E-state index is 12.5. The molecule has 1 fully saturated rings. The van der Waals surface area contributed by atoms with Crippen LogP contribution in [0.2, 0.25) is 0 Å². The number of carbonyl (C=O) groups is 1. The van der Waals surface area contributed by atoms with Crippen molar-refractivity contribution >= 4 is 44.4 Å². The second-order valence-corrected chi connectivity index (χ2v) is 7.04. The minimum Gasteiger partial charge on any atom is -0.340 e. The van der Waals surface area contributed by atoms with Gasteiger partial charge in [0.15, 0.2) is 0 Å². The maximum atomic E-state index is 12.5. The van der Waals surface area contributed by atoms with Crippen molar-refractivity contribution in [2.24, 2.45) is 0 Å². The molecule has 0 spiro atoms. The fraction of sp³-hybridized carbons (Fsp3) is 0.500. The molecule has 1 heterocycles. The summed E-state index contributed by atoms with van der Waals surface area (Å²) in [5, 5.41) is 3.34. The molecular formula is C14H19BrIN3O. The highest BCUT2D eigenvalue weighted by Crippen LogP contribution is 2.20. The molecule has 1 amide bonds. The minimum absolute atomic E-state index is 0.0746. The van der Waals surface area contributed by atoms with Crippen LogP contribution in [0.1, 0.15) is 10.4 Å². The van der Waals surface area contributed by atoms with Gasteiger partial charge in [-0.25, -0.2) is 0 Å². The van der Waals surface area contributed by atoms with E-state index in [0.29, 0.717) is 0 Å². The Bertz CT molecular complexity index is 477. The van der Waals surface area contributed by atoms with Crippen LogP contribution in [0.25, 0.3) is 0 Å².